The van der Waals surface area contributed by atoms with Gasteiger partial charge in [0.2, 0.25) is 0 Å². The fourth-order valence-corrected chi connectivity index (χ4v) is 0.847. The van der Waals surface area contributed by atoms with E-state index in [9.17, 15) is 0 Å². The van der Waals surface area contributed by atoms with E-state index in [1.165, 1.54) is 6.08 Å². The standard InChI is InChI=1S/C10H10OS/c1-2-10(12)11-8-9-6-4-3-5-7-9/h2-7H,1,8H2. The Morgan fingerprint density at radius 3 is 2.67 bits per heavy atom. The lowest BCUT2D eigenvalue weighted by Crippen LogP contribution is -1.97. The van der Waals surface area contributed by atoms with Crippen molar-refractivity contribution < 1.29 is 4.74 Å². The smallest absolute Gasteiger partial charge is 0.183 e. The highest BCUT2D eigenvalue weighted by Crippen LogP contribution is 2.01. The lowest BCUT2D eigenvalue weighted by atomic mass is 10.2. The summed E-state index contributed by atoms with van der Waals surface area (Å²) in [5.74, 6) is 0. The molecule has 12 heavy (non-hydrogen) atoms. The SMILES string of the molecule is C=CC(=S)OCc1ccccc1. The van der Waals surface area contributed by atoms with Crippen molar-refractivity contribution in [3.63, 3.8) is 0 Å². The highest BCUT2D eigenvalue weighted by Gasteiger charge is 1.92. The number of hydrogen-bond donors (Lipinski definition) is 0. The van der Waals surface area contributed by atoms with Gasteiger partial charge >= 0.3 is 0 Å². The van der Waals surface area contributed by atoms with Crippen LogP contribution in [0.3, 0.4) is 0 Å². The lowest BCUT2D eigenvalue weighted by Gasteiger charge is -2.02. The molecule has 0 N–H and O–H groups in total. The zero-order valence-corrected chi connectivity index (χ0v) is 7.51. The van der Waals surface area contributed by atoms with Crippen molar-refractivity contribution in [3.8, 4) is 0 Å². The second kappa shape index (κ2) is 4.67. The first-order valence-electron chi connectivity index (χ1n) is 3.66. The molecule has 0 amide bonds. The Labute approximate surface area is 77.7 Å². The molecule has 0 aliphatic carbocycles. The van der Waals surface area contributed by atoms with Gasteiger partial charge in [0.05, 0.1) is 0 Å². The summed E-state index contributed by atoms with van der Waals surface area (Å²) in [6.45, 7) is 4.03. The quantitative estimate of drug-likeness (QED) is 0.520. The third-order valence-corrected chi connectivity index (χ3v) is 1.68. The Morgan fingerprint density at radius 1 is 1.42 bits per heavy atom. The predicted octanol–water partition coefficient (Wildman–Crippen LogP) is 2.72. The largest absolute Gasteiger partial charge is 0.479 e. The molecule has 0 unspecified atom stereocenters. The van der Waals surface area contributed by atoms with Crippen molar-refractivity contribution in [1.82, 2.24) is 0 Å². The molecule has 62 valence electrons. The minimum atomic E-state index is 0.443. The van der Waals surface area contributed by atoms with Gasteiger partial charge in [0.25, 0.3) is 0 Å². The molecule has 2 heteroatoms. The molecule has 0 fully saturated rings. The van der Waals surface area contributed by atoms with Crippen LogP contribution in [0.1, 0.15) is 5.56 Å². The normalized spacial score (nSPS) is 9.00. The zero-order valence-electron chi connectivity index (χ0n) is 6.69. The van der Waals surface area contributed by atoms with Gasteiger partial charge in [0.15, 0.2) is 5.05 Å². The van der Waals surface area contributed by atoms with Crippen LogP contribution in [-0.2, 0) is 11.3 Å². The molecule has 0 aliphatic rings. The van der Waals surface area contributed by atoms with E-state index in [-0.39, 0.29) is 0 Å². The van der Waals surface area contributed by atoms with E-state index in [4.69, 9.17) is 17.0 Å². The fourth-order valence-electron chi connectivity index (χ4n) is 0.788. The minimum Gasteiger partial charge on any atom is -0.479 e. The molecule has 0 aromatic heterocycles. The second-order valence-electron chi connectivity index (χ2n) is 2.30. The first kappa shape index (κ1) is 8.94. The Morgan fingerprint density at radius 2 is 2.08 bits per heavy atom. The lowest BCUT2D eigenvalue weighted by molar-refractivity contribution is 0.303. The van der Waals surface area contributed by atoms with Crippen molar-refractivity contribution in [2.45, 2.75) is 6.61 Å². The van der Waals surface area contributed by atoms with E-state index < -0.39 is 0 Å². The van der Waals surface area contributed by atoms with Crippen LogP contribution in [0.5, 0.6) is 0 Å². The molecular formula is C10H10OS. The molecule has 1 rings (SSSR count). The molecular weight excluding hydrogens is 168 g/mol. The summed E-state index contributed by atoms with van der Waals surface area (Å²) in [5.41, 5.74) is 1.11. The number of benzene rings is 1. The van der Waals surface area contributed by atoms with Crippen molar-refractivity contribution in [3.05, 3.63) is 48.6 Å². The number of ether oxygens (including phenoxy) is 1. The maximum absolute atomic E-state index is 5.19. The van der Waals surface area contributed by atoms with Crippen LogP contribution in [0.25, 0.3) is 0 Å². The first-order chi connectivity index (χ1) is 5.83. The number of thiocarbonyl (C=S) groups is 1. The third-order valence-electron chi connectivity index (χ3n) is 1.39. The second-order valence-corrected chi connectivity index (χ2v) is 2.70. The highest BCUT2D eigenvalue weighted by molar-refractivity contribution is 7.80. The van der Waals surface area contributed by atoms with Crippen LogP contribution in [0, 0.1) is 0 Å². The van der Waals surface area contributed by atoms with Gasteiger partial charge in [-0.3, -0.25) is 0 Å². The molecule has 0 spiro atoms. The van der Waals surface area contributed by atoms with Crippen LogP contribution >= 0.6 is 12.2 Å². The van der Waals surface area contributed by atoms with Gasteiger partial charge in [-0.2, -0.15) is 0 Å². The van der Waals surface area contributed by atoms with E-state index in [1.807, 2.05) is 30.3 Å². The molecule has 0 radical (unpaired) electrons. The summed E-state index contributed by atoms with van der Waals surface area (Å²) in [6.07, 6.45) is 1.53. The van der Waals surface area contributed by atoms with E-state index in [2.05, 4.69) is 6.58 Å². The molecule has 1 aromatic carbocycles. The Bertz CT molecular complexity index is 266. The molecule has 1 nitrogen and oxygen atoms in total. The number of rotatable bonds is 3. The van der Waals surface area contributed by atoms with Gasteiger partial charge in [-0.1, -0.05) is 36.9 Å². The monoisotopic (exact) mass is 178 g/mol. The number of hydrogen-bond acceptors (Lipinski definition) is 2. The van der Waals surface area contributed by atoms with E-state index in [0.717, 1.165) is 5.56 Å². The van der Waals surface area contributed by atoms with Gasteiger partial charge < -0.3 is 4.74 Å². The average molecular weight is 178 g/mol. The summed E-state index contributed by atoms with van der Waals surface area (Å²) < 4.78 is 5.19. The predicted molar refractivity (Wildman–Crippen MR) is 54.0 cm³/mol. The zero-order chi connectivity index (χ0) is 8.81. The van der Waals surface area contributed by atoms with Crippen LogP contribution in [0.2, 0.25) is 0 Å². The van der Waals surface area contributed by atoms with Gasteiger partial charge in [0.1, 0.15) is 6.61 Å². The topological polar surface area (TPSA) is 9.23 Å². The van der Waals surface area contributed by atoms with E-state index >= 15 is 0 Å². The van der Waals surface area contributed by atoms with Gasteiger partial charge in [-0.25, -0.2) is 0 Å². The highest BCUT2D eigenvalue weighted by atomic mass is 32.1. The molecule has 0 heterocycles. The maximum Gasteiger partial charge on any atom is 0.183 e. The molecule has 0 saturated carbocycles. The Balaban J connectivity index is 2.43. The van der Waals surface area contributed by atoms with E-state index in [0.29, 0.717) is 11.7 Å². The average Bonchev–Trinajstić information content (AvgIpc) is 2.16. The van der Waals surface area contributed by atoms with Crippen LogP contribution in [0.15, 0.2) is 43.0 Å². The summed E-state index contributed by atoms with van der Waals surface area (Å²) in [6, 6.07) is 9.89. The Kier molecular flexibility index (Phi) is 3.48. The summed E-state index contributed by atoms with van der Waals surface area (Å²) in [4.78, 5) is 0. The third kappa shape index (κ3) is 2.84. The van der Waals surface area contributed by atoms with Crippen molar-refractivity contribution in [2.75, 3.05) is 0 Å². The fraction of sp³-hybridized carbons (Fsp3) is 0.100. The van der Waals surface area contributed by atoms with Crippen LogP contribution in [-0.4, -0.2) is 5.05 Å². The van der Waals surface area contributed by atoms with E-state index in [1.54, 1.807) is 0 Å². The van der Waals surface area contributed by atoms with Gasteiger partial charge in [-0.05, 0) is 23.9 Å². The van der Waals surface area contributed by atoms with Gasteiger partial charge in [-0.15, -0.1) is 0 Å². The first-order valence-corrected chi connectivity index (χ1v) is 4.07. The summed E-state index contributed by atoms with van der Waals surface area (Å²) in [7, 11) is 0. The van der Waals surface area contributed by atoms with Gasteiger partial charge in [0, 0.05) is 0 Å². The molecule has 1 aromatic rings. The summed E-state index contributed by atoms with van der Waals surface area (Å²) >= 11 is 4.81. The molecule has 0 atom stereocenters. The van der Waals surface area contributed by atoms with Crippen molar-refractivity contribution in [1.29, 1.82) is 0 Å². The van der Waals surface area contributed by atoms with Crippen molar-refractivity contribution in [2.24, 2.45) is 0 Å². The minimum absolute atomic E-state index is 0.443. The molecule has 0 aliphatic heterocycles. The maximum atomic E-state index is 5.19. The van der Waals surface area contributed by atoms with Crippen molar-refractivity contribution >= 4 is 17.3 Å². The molecule has 0 saturated heterocycles. The van der Waals surface area contributed by atoms with Crippen LogP contribution in [0.4, 0.5) is 0 Å². The van der Waals surface area contributed by atoms with Crippen LogP contribution < -0.4 is 0 Å². The summed E-state index contributed by atoms with van der Waals surface area (Å²) in [5, 5.41) is 0.443. The Hall–Kier alpha value is -1.15. The molecule has 0 bridgehead atoms.